The second kappa shape index (κ2) is 9.19. The second-order valence-electron chi connectivity index (χ2n) is 6.39. The number of ether oxygens (including phenoxy) is 1. The number of carbonyl (C=O) groups is 2. The quantitative estimate of drug-likeness (QED) is 0.634. The summed E-state index contributed by atoms with van der Waals surface area (Å²) in [5, 5.41) is 7.66. The highest BCUT2D eigenvalue weighted by Crippen LogP contribution is 2.20. The van der Waals surface area contributed by atoms with Gasteiger partial charge in [0.1, 0.15) is 11.8 Å². The van der Waals surface area contributed by atoms with Crippen molar-refractivity contribution in [1.29, 1.82) is 0 Å². The third-order valence-corrected chi connectivity index (χ3v) is 5.13. The van der Waals surface area contributed by atoms with Crippen LogP contribution in [-0.4, -0.2) is 18.9 Å². The highest BCUT2D eigenvalue weighted by Gasteiger charge is 2.23. The molecule has 1 aromatic heterocycles. The fourth-order valence-electron chi connectivity index (χ4n) is 2.73. The van der Waals surface area contributed by atoms with Crippen LogP contribution >= 0.6 is 11.3 Å². The van der Waals surface area contributed by atoms with E-state index in [-0.39, 0.29) is 18.2 Å². The second-order valence-corrected chi connectivity index (χ2v) is 7.42. The minimum atomic E-state index is -0.782. The Kier molecular flexibility index (Phi) is 6.45. The zero-order valence-corrected chi connectivity index (χ0v) is 16.6. The number of hydrogen-bond acceptors (Lipinski definition) is 4. The van der Waals surface area contributed by atoms with Crippen LogP contribution in [0.2, 0.25) is 0 Å². The first-order valence-corrected chi connectivity index (χ1v) is 9.76. The van der Waals surface area contributed by atoms with Gasteiger partial charge in [-0.15, -0.1) is 11.3 Å². The highest BCUT2D eigenvalue weighted by molar-refractivity contribution is 7.10. The number of aryl methyl sites for hydroxylation is 1. The molecule has 6 heteroatoms. The van der Waals surface area contributed by atoms with Gasteiger partial charge in [0, 0.05) is 10.6 Å². The monoisotopic (exact) mass is 394 g/mol. The molecular formula is C22H22N2O3S. The predicted octanol–water partition coefficient (Wildman–Crippen LogP) is 4.10. The molecular weight excluding hydrogens is 372 g/mol. The number of anilines is 1. The maximum absolute atomic E-state index is 12.9. The fourth-order valence-corrected chi connectivity index (χ4v) is 3.43. The molecule has 5 nitrogen and oxygen atoms in total. The molecule has 0 aliphatic heterocycles. The van der Waals surface area contributed by atoms with Crippen LogP contribution in [0.3, 0.4) is 0 Å². The topological polar surface area (TPSA) is 67.4 Å². The van der Waals surface area contributed by atoms with Crippen molar-refractivity contribution in [2.75, 3.05) is 12.4 Å². The Morgan fingerprint density at radius 2 is 1.75 bits per heavy atom. The molecule has 0 spiro atoms. The molecule has 2 amide bonds. The van der Waals surface area contributed by atoms with Crippen LogP contribution in [0.1, 0.15) is 22.0 Å². The number of methoxy groups -OCH3 is 1. The van der Waals surface area contributed by atoms with Gasteiger partial charge >= 0.3 is 0 Å². The molecule has 28 heavy (non-hydrogen) atoms. The molecule has 0 bridgehead atoms. The summed E-state index contributed by atoms with van der Waals surface area (Å²) >= 11 is 1.52. The van der Waals surface area contributed by atoms with E-state index in [9.17, 15) is 9.59 Å². The maximum Gasteiger partial charge on any atom is 0.251 e. The largest absolute Gasteiger partial charge is 0.497 e. The molecule has 3 rings (SSSR count). The first-order chi connectivity index (χ1) is 13.5. The van der Waals surface area contributed by atoms with Crippen molar-refractivity contribution >= 4 is 28.8 Å². The molecule has 2 aromatic carbocycles. The van der Waals surface area contributed by atoms with Gasteiger partial charge in [-0.1, -0.05) is 35.9 Å². The van der Waals surface area contributed by atoms with E-state index in [4.69, 9.17) is 4.74 Å². The highest BCUT2D eigenvalue weighted by atomic mass is 32.1. The Balaban J connectivity index is 1.76. The fraction of sp³-hybridized carbons (Fsp3) is 0.182. The smallest absolute Gasteiger partial charge is 0.251 e. The average Bonchev–Trinajstić information content (AvgIpc) is 3.20. The molecule has 0 radical (unpaired) electrons. The minimum Gasteiger partial charge on any atom is -0.497 e. The van der Waals surface area contributed by atoms with Gasteiger partial charge in [-0.05, 0) is 48.2 Å². The van der Waals surface area contributed by atoms with Gasteiger partial charge < -0.3 is 15.4 Å². The van der Waals surface area contributed by atoms with Gasteiger partial charge in [0.2, 0.25) is 5.91 Å². The molecule has 1 atom stereocenters. The van der Waals surface area contributed by atoms with Crippen LogP contribution in [0.25, 0.3) is 0 Å². The Hall–Kier alpha value is -3.12. The molecule has 0 saturated heterocycles. The lowest BCUT2D eigenvalue weighted by molar-refractivity contribution is -0.126. The molecule has 0 unspecified atom stereocenters. The van der Waals surface area contributed by atoms with Crippen molar-refractivity contribution in [1.82, 2.24) is 5.32 Å². The van der Waals surface area contributed by atoms with Crippen molar-refractivity contribution in [2.24, 2.45) is 0 Å². The molecule has 0 aliphatic rings. The third kappa shape index (κ3) is 5.20. The van der Waals surface area contributed by atoms with E-state index < -0.39 is 6.04 Å². The number of benzene rings is 2. The molecule has 3 aromatic rings. The molecule has 1 heterocycles. The summed E-state index contributed by atoms with van der Waals surface area (Å²) in [5.41, 5.74) is 2.45. The summed E-state index contributed by atoms with van der Waals surface area (Å²) in [6.07, 6.45) is 0.246. The molecule has 0 fully saturated rings. The number of nitrogens with one attached hydrogen (secondary N) is 2. The lowest BCUT2D eigenvalue weighted by Crippen LogP contribution is -2.37. The van der Waals surface area contributed by atoms with Gasteiger partial charge in [-0.25, -0.2) is 0 Å². The van der Waals surface area contributed by atoms with Crippen molar-refractivity contribution in [3.63, 3.8) is 0 Å². The van der Waals surface area contributed by atoms with Crippen LogP contribution < -0.4 is 15.4 Å². The van der Waals surface area contributed by atoms with Crippen LogP contribution in [0.15, 0.2) is 66.0 Å². The molecule has 144 valence electrons. The van der Waals surface area contributed by atoms with Crippen LogP contribution in [0.4, 0.5) is 5.69 Å². The van der Waals surface area contributed by atoms with Crippen LogP contribution in [-0.2, 0) is 16.0 Å². The van der Waals surface area contributed by atoms with E-state index in [0.717, 1.165) is 16.0 Å². The lowest BCUT2D eigenvalue weighted by atomic mass is 10.0. The van der Waals surface area contributed by atoms with E-state index >= 15 is 0 Å². The maximum atomic E-state index is 12.9. The molecule has 0 saturated carbocycles. The van der Waals surface area contributed by atoms with E-state index in [2.05, 4.69) is 10.6 Å². The van der Waals surface area contributed by atoms with Crippen molar-refractivity contribution in [3.8, 4) is 5.75 Å². The summed E-state index contributed by atoms with van der Waals surface area (Å²) in [4.78, 5) is 26.4. The lowest BCUT2D eigenvalue weighted by Gasteiger charge is -2.19. The summed E-state index contributed by atoms with van der Waals surface area (Å²) in [6.45, 7) is 1.98. The Bertz CT molecular complexity index is 919. The van der Waals surface area contributed by atoms with Gasteiger partial charge in [0.05, 0.1) is 13.5 Å². The van der Waals surface area contributed by atoms with E-state index in [1.165, 1.54) is 11.3 Å². The predicted molar refractivity (Wildman–Crippen MR) is 112 cm³/mol. The number of amides is 2. The average molecular weight is 394 g/mol. The summed E-state index contributed by atoms with van der Waals surface area (Å²) in [6, 6.07) is 17.7. The van der Waals surface area contributed by atoms with Gasteiger partial charge in [-0.2, -0.15) is 0 Å². The SMILES string of the molecule is COc1ccc(NC(=O)[C@H](NC(=O)Cc2cccs2)c2ccc(C)cc2)cc1. The van der Waals surface area contributed by atoms with Gasteiger partial charge in [0.15, 0.2) is 0 Å². The first kappa shape index (κ1) is 19.6. The standard InChI is InChI=1S/C22H22N2O3S/c1-15-5-7-16(8-6-15)21(24-20(25)14-19-4-3-13-28-19)22(26)23-17-9-11-18(27-2)12-10-17/h3-13,21H,14H2,1-2H3,(H,23,26)(H,24,25)/t21-/m1/s1. The number of hydrogen-bond donors (Lipinski definition) is 2. The summed E-state index contributed by atoms with van der Waals surface area (Å²) in [5.74, 6) is 0.212. The Labute approximate surface area is 168 Å². The van der Waals surface area contributed by atoms with Gasteiger partial charge in [-0.3, -0.25) is 9.59 Å². The summed E-state index contributed by atoms with van der Waals surface area (Å²) < 4.78 is 5.14. The zero-order valence-electron chi connectivity index (χ0n) is 15.8. The Morgan fingerprint density at radius 1 is 1.04 bits per heavy atom. The van der Waals surface area contributed by atoms with Crippen LogP contribution in [0.5, 0.6) is 5.75 Å². The number of thiophene rings is 1. The van der Waals surface area contributed by atoms with E-state index in [1.54, 1.807) is 31.4 Å². The molecule has 2 N–H and O–H groups in total. The van der Waals surface area contributed by atoms with Crippen molar-refractivity contribution in [3.05, 3.63) is 82.0 Å². The normalized spacial score (nSPS) is 11.5. The number of carbonyl (C=O) groups excluding carboxylic acids is 2. The van der Waals surface area contributed by atoms with Crippen LogP contribution in [0, 0.1) is 6.92 Å². The first-order valence-electron chi connectivity index (χ1n) is 8.88. The van der Waals surface area contributed by atoms with E-state index in [0.29, 0.717) is 11.4 Å². The third-order valence-electron chi connectivity index (χ3n) is 4.25. The minimum absolute atomic E-state index is 0.196. The molecule has 0 aliphatic carbocycles. The number of rotatable bonds is 7. The zero-order chi connectivity index (χ0) is 19.9. The van der Waals surface area contributed by atoms with Gasteiger partial charge in [0.25, 0.3) is 5.91 Å². The summed E-state index contributed by atoms with van der Waals surface area (Å²) in [7, 11) is 1.59. The van der Waals surface area contributed by atoms with Crippen molar-refractivity contribution in [2.45, 2.75) is 19.4 Å². The van der Waals surface area contributed by atoms with E-state index in [1.807, 2.05) is 48.7 Å². The van der Waals surface area contributed by atoms with Crippen molar-refractivity contribution < 1.29 is 14.3 Å². The Morgan fingerprint density at radius 3 is 2.36 bits per heavy atom.